The van der Waals surface area contributed by atoms with Crippen LogP contribution >= 0.6 is 46.3 Å². The molecule has 1 fully saturated rings. The van der Waals surface area contributed by atoms with Crippen LogP contribution in [0.5, 0.6) is 0 Å². The van der Waals surface area contributed by atoms with Crippen LogP contribution < -0.4 is 5.32 Å². The maximum Gasteiger partial charge on any atom is 0.293 e. The molecule has 0 saturated carbocycles. The van der Waals surface area contributed by atoms with Crippen LogP contribution in [0.25, 0.3) is 6.08 Å². The number of carbonyl (C=O) groups is 3. The molecule has 3 rings (SSSR count). The lowest BCUT2D eigenvalue weighted by Gasteiger charge is -2.12. The highest BCUT2D eigenvalue weighted by atomic mass is 35.5. The van der Waals surface area contributed by atoms with Crippen molar-refractivity contribution < 1.29 is 14.4 Å². The third-order valence-electron chi connectivity index (χ3n) is 3.71. The monoisotopic (exact) mass is 440 g/mol. The fourth-order valence-electron chi connectivity index (χ4n) is 2.41. The van der Waals surface area contributed by atoms with E-state index in [0.717, 1.165) is 21.5 Å². The van der Waals surface area contributed by atoms with Crippen molar-refractivity contribution in [1.29, 1.82) is 0 Å². The molecular weight excluding hydrogens is 427 g/mol. The van der Waals surface area contributed by atoms with Crippen molar-refractivity contribution in [1.82, 2.24) is 10.2 Å². The second-order valence-electron chi connectivity index (χ2n) is 5.58. The van der Waals surface area contributed by atoms with Crippen LogP contribution in [0.3, 0.4) is 0 Å². The van der Waals surface area contributed by atoms with E-state index in [0.29, 0.717) is 15.6 Å². The van der Waals surface area contributed by atoms with Crippen LogP contribution in [-0.2, 0) is 16.0 Å². The molecule has 0 atom stereocenters. The maximum atomic E-state index is 12.5. The van der Waals surface area contributed by atoms with Gasteiger partial charge in [0.2, 0.25) is 5.91 Å². The lowest BCUT2D eigenvalue weighted by Crippen LogP contribution is -2.37. The number of hydrogen-bond donors (Lipinski definition) is 1. The molecule has 3 amide bonds. The van der Waals surface area contributed by atoms with Gasteiger partial charge in [-0.25, -0.2) is 0 Å². The van der Waals surface area contributed by atoms with Gasteiger partial charge in [-0.2, -0.15) is 0 Å². The summed E-state index contributed by atoms with van der Waals surface area (Å²) in [7, 11) is 0. The summed E-state index contributed by atoms with van der Waals surface area (Å²) in [5, 5.41) is 4.95. The van der Waals surface area contributed by atoms with Gasteiger partial charge in [-0.1, -0.05) is 41.4 Å². The van der Waals surface area contributed by atoms with Crippen LogP contribution in [0.1, 0.15) is 10.4 Å². The van der Waals surface area contributed by atoms with Gasteiger partial charge in [-0.3, -0.25) is 19.3 Å². The maximum absolute atomic E-state index is 12.5. The van der Waals surface area contributed by atoms with Gasteiger partial charge in [0.15, 0.2) is 0 Å². The number of imide groups is 1. The van der Waals surface area contributed by atoms with E-state index in [-0.39, 0.29) is 35.6 Å². The van der Waals surface area contributed by atoms with E-state index >= 15 is 0 Å². The first-order chi connectivity index (χ1) is 13.0. The zero-order valence-corrected chi connectivity index (χ0v) is 17.1. The molecule has 0 radical (unpaired) electrons. The van der Waals surface area contributed by atoms with E-state index in [4.69, 9.17) is 23.2 Å². The highest BCUT2D eigenvalue weighted by Gasteiger charge is 2.34. The first-order valence-corrected chi connectivity index (χ1v) is 10.4. The molecule has 1 aromatic heterocycles. The number of nitrogens with zero attached hydrogens (tertiary/aromatic N) is 1. The van der Waals surface area contributed by atoms with Gasteiger partial charge < -0.3 is 5.32 Å². The Morgan fingerprint density at radius 2 is 2.00 bits per heavy atom. The quantitative estimate of drug-likeness (QED) is 0.673. The molecule has 0 unspecified atom stereocenters. The number of halogens is 2. The highest BCUT2D eigenvalue weighted by Crippen LogP contribution is 2.34. The van der Waals surface area contributed by atoms with Gasteiger partial charge in [-0.05, 0) is 40.9 Å². The van der Waals surface area contributed by atoms with E-state index in [2.05, 4.69) is 5.32 Å². The lowest BCUT2D eigenvalue weighted by atomic mass is 10.2. The lowest BCUT2D eigenvalue weighted by molar-refractivity contribution is -0.124. The van der Waals surface area contributed by atoms with Gasteiger partial charge in [0.05, 0.1) is 21.4 Å². The Kier molecular flexibility index (Phi) is 6.59. The minimum atomic E-state index is -0.409. The molecule has 27 heavy (non-hydrogen) atoms. The Bertz CT molecular complexity index is 913. The van der Waals surface area contributed by atoms with Gasteiger partial charge in [0, 0.05) is 18.0 Å². The number of benzene rings is 1. The molecule has 140 valence electrons. The average molecular weight is 441 g/mol. The molecule has 2 aromatic rings. The predicted molar refractivity (Wildman–Crippen MR) is 110 cm³/mol. The van der Waals surface area contributed by atoms with Crippen molar-refractivity contribution >= 4 is 69.4 Å². The number of hydrogen-bond acceptors (Lipinski definition) is 5. The van der Waals surface area contributed by atoms with Crippen molar-refractivity contribution in [2.75, 3.05) is 13.1 Å². The Hall–Kier alpha value is -1.80. The molecule has 1 saturated heterocycles. The zero-order chi connectivity index (χ0) is 19.4. The molecule has 0 spiro atoms. The van der Waals surface area contributed by atoms with Crippen molar-refractivity contribution in [2.24, 2.45) is 0 Å². The summed E-state index contributed by atoms with van der Waals surface area (Å²) in [6.45, 7) is 0.314. The summed E-state index contributed by atoms with van der Waals surface area (Å²) in [5.74, 6) is -0.556. The fraction of sp³-hybridized carbons (Fsp3) is 0.167. The van der Waals surface area contributed by atoms with Crippen molar-refractivity contribution in [3.63, 3.8) is 0 Å². The molecule has 0 bridgehead atoms. The van der Waals surface area contributed by atoms with Crippen LogP contribution in [0.15, 0.2) is 40.6 Å². The van der Waals surface area contributed by atoms with E-state index in [9.17, 15) is 14.4 Å². The van der Waals surface area contributed by atoms with Crippen LogP contribution in [0.2, 0.25) is 10.0 Å². The number of amides is 3. The summed E-state index contributed by atoms with van der Waals surface area (Å²) in [4.78, 5) is 38.8. The number of nitrogens with one attached hydrogen (secondary N) is 1. The van der Waals surface area contributed by atoms with E-state index in [1.807, 2.05) is 17.5 Å². The molecule has 2 heterocycles. The van der Waals surface area contributed by atoms with Gasteiger partial charge in [0.25, 0.3) is 11.1 Å². The average Bonchev–Trinajstić information content (AvgIpc) is 3.22. The first kappa shape index (κ1) is 19.9. The standard InChI is InChI=1S/C18H14Cl2N2O3S2/c19-13-5-1-3-11(16(13)20)9-14-17(24)22(18(25)27-14)7-6-21-15(23)10-12-4-2-8-26-12/h1-5,8-9H,6-7,10H2,(H,21,23)/b14-9-. The number of thiophene rings is 1. The molecule has 0 aliphatic carbocycles. The number of carbonyl (C=O) groups excluding carboxylic acids is 3. The molecule has 5 nitrogen and oxygen atoms in total. The zero-order valence-electron chi connectivity index (χ0n) is 13.9. The summed E-state index contributed by atoms with van der Waals surface area (Å²) >= 11 is 14.4. The smallest absolute Gasteiger partial charge is 0.293 e. The normalized spacial score (nSPS) is 15.6. The van der Waals surface area contributed by atoms with Crippen LogP contribution in [0.4, 0.5) is 4.79 Å². The first-order valence-electron chi connectivity index (χ1n) is 7.94. The van der Waals surface area contributed by atoms with Crippen LogP contribution in [0, 0.1) is 0 Å². The molecule has 1 aromatic carbocycles. The second kappa shape index (κ2) is 8.93. The van der Waals surface area contributed by atoms with Gasteiger partial charge in [0.1, 0.15) is 0 Å². The minimum Gasteiger partial charge on any atom is -0.354 e. The van der Waals surface area contributed by atoms with Gasteiger partial charge in [-0.15, -0.1) is 11.3 Å². The van der Waals surface area contributed by atoms with Crippen molar-refractivity contribution in [3.8, 4) is 0 Å². The highest BCUT2D eigenvalue weighted by molar-refractivity contribution is 8.18. The topological polar surface area (TPSA) is 66.5 Å². The SMILES string of the molecule is O=C(Cc1cccs1)NCCN1C(=O)S/C(=C\c2cccc(Cl)c2Cl)C1=O. The minimum absolute atomic E-state index is 0.113. The largest absolute Gasteiger partial charge is 0.354 e. The summed E-state index contributed by atoms with van der Waals surface area (Å²) in [6.07, 6.45) is 1.83. The third-order valence-corrected chi connectivity index (χ3v) is 6.33. The Balaban J connectivity index is 1.58. The second-order valence-corrected chi connectivity index (χ2v) is 8.39. The van der Waals surface area contributed by atoms with Crippen LogP contribution in [-0.4, -0.2) is 35.0 Å². The van der Waals surface area contributed by atoms with Crippen molar-refractivity contribution in [3.05, 3.63) is 61.1 Å². The summed E-state index contributed by atoms with van der Waals surface area (Å²) in [6, 6.07) is 8.84. The number of thioether (sulfide) groups is 1. The number of rotatable bonds is 6. The Morgan fingerprint density at radius 1 is 1.19 bits per heavy atom. The Morgan fingerprint density at radius 3 is 2.74 bits per heavy atom. The molecule has 1 aliphatic rings. The van der Waals surface area contributed by atoms with E-state index in [1.54, 1.807) is 24.3 Å². The molecular formula is C18H14Cl2N2O3S2. The molecule has 1 aliphatic heterocycles. The molecule has 1 N–H and O–H groups in total. The third kappa shape index (κ3) is 4.93. The van der Waals surface area contributed by atoms with E-state index < -0.39 is 5.91 Å². The predicted octanol–water partition coefficient (Wildman–Crippen LogP) is 4.45. The fourth-order valence-corrected chi connectivity index (χ4v) is 4.33. The van der Waals surface area contributed by atoms with E-state index in [1.165, 1.54) is 11.3 Å². The molecule has 9 heteroatoms. The summed E-state index contributed by atoms with van der Waals surface area (Å²) in [5.41, 5.74) is 0.568. The van der Waals surface area contributed by atoms with Crippen molar-refractivity contribution in [2.45, 2.75) is 6.42 Å². The Labute approximate surface area is 174 Å². The summed E-state index contributed by atoms with van der Waals surface area (Å²) < 4.78 is 0. The van der Waals surface area contributed by atoms with Gasteiger partial charge >= 0.3 is 0 Å².